The molecule has 0 aliphatic heterocycles. The summed E-state index contributed by atoms with van der Waals surface area (Å²) < 4.78 is 0. The third kappa shape index (κ3) is 4.72. The lowest BCUT2D eigenvalue weighted by Crippen LogP contribution is -2.14. The Labute approximate surface area is 186 Å². The lowest BCUT2D eigenvalue weighted by atomic mass is 9.91. The van der Waals surface area contributed by atoms with Gasteiger partial charge < -0.3 is 15.5 Å². The van der Waals surface area contributed by atoms with Crippen molar-refractivity contribution in [1.82, 2.24) is 0 Å². The van der Waals surface area contributed by atoms with E-state index in [0.717, 1.165) is 16.7 Å². The number of rotatable bonds is 6. The molecule has 0 unspecified atom stereocenters. The van der Waals surface area contributed by atoms with Gasteiger partial charge in [0.2, 0.25) is 0 Å². The van der Waals surface area contributed by atoms with E-state index in [9.17, 15) is 19.9 Å². The average Bonchev–Trinajstić information content (AvgIpc) is 2.73. The zero-order valence-corrected chi connectivity index (χ0v) is 18.4. The largest absolute Gasteiger partial charge is 0.504 e. The first kappa shape index (κ1) is 22.4. The van der Waals surface area contributed by atoms with E-state index in [1.807, 2.05) is 37.3 Å². The van der Waals surface area contributed by atoms with Crippen LogP contribution >= 0.6 is 12.6 Å². The summed E-state index contributed by atoms with van der Waals surface area (Å²) >= 11 is 4.28. The van der Waals surface area contributed by atoms with E-state index in [-0.39, 0.29) is 23.6 Å². The molecule has 7 heteroatoms. The Kier molecular flexibility index (Phi) is 6.65. The van der Waals surface area contributed by atoms with Gasteiger partial charge in [0.15, 0.2) is 17.2 Å². The van der Waals surface area contributed by atoms with Gasteiger partial charge in [-0.05, 0) is 58.5 Å². The second-order valence-corrected chi connectivity index (χ2v) is 8.22. The van der Waals surface area contributed by atoms with Crippen molar-refractivity contribution >= 4 is 29.9 Å². The number of anilines is 1. The monoisotopic (exact) mass is 436 g/mol. The summed E-state index contributed by atoms with van der Waals surface area (Å²) in [6.45, 7) is 5.94. The molecule has 31 heavy (non-hydrogen) atoms. The van der Waals surface area contributed by atoms with Crippen LogP contribution in [-0.2, 0) is 6.42 Å². The number of thiol groups is 1. The highest BCUT2D eigenvalue weighted by molar-refractivity contribution is 7.80. The molecule has 0 fully saturated rings. The van der Waals surface area contributed by atoms with Gasteiger partial charge >= 0.3 is 0 Å². The molecule has 0 aliphatic carbocycles. The Morgan fingerprint density at radius 1 is 1.06 bits per heavy atom. The highest BCUT2D eigenvalue weighted by Gasteiger charge is 2.23. The van der Waals surface area contributed by atoms with Crippen molar-refractivity contribution < 1.29 is 15.0 Å². The highest BCUT2D eigenvalue weighted by Crippen LogP contribution is 2.42. The Hall–Kier alpha value is -3.32. The first-order chi connectivity index (χ1) is 14.7. The summed E-state index contributed by atoms with van der Waals surface area (Å²) in [4.78, 5) is 25.0. The maximum Gasteiger partial charge on any atom is 0.259 e. The second kappa shape index (κ2) is 9.22. The van der Waals surface area contributed by atoms with E-state index in [1.165, 1.54) is 6.07 Å². The van der Waals surface area contributed by atoms with Crippen molar-refractivity contribution in [2.75, 3.05) is 5.32 Å². The van der Waals surface area contributed by atoms with Gasteiger partial charge in [0.1, 0.15) is 0 Å². The van der Waals surface area contributed by atoms with Gasteiger partial charge in [-0.3, -0.25) is 4.79 Å². The third-order valence-corrected chi connectivity index (χ3v) is 5.47. The van der Waals surface area contributed by atoms with Crippen LogP contribution in [0.5, 0.6) is 11.5 Å². The van der Waals surface area contributed by atoms with E-state index < -0.39 is 17.4 Å². The Bertz CT molecular complexity index is 1160. The number of carbonyl (C=O) groups excluding carboxylic acids is 1. The van der Waals surface area contributed by atoms with Crippen LogP contribution in [0.2, 0.25) is 0 Å². The van der Waals surface area contributed by atoms with Gasteiger partial charge in [-0.2, -0.15) is 0 Å². The van der Waals surface area contributed by atoms with Gasteiger partial charge in [-0.15, -0.1) is 17.5 Å². The number of nitrogens with zero attached hydrogens (tertiary/aromatic N) is 1. The van der Waals surface area contributed by atoms with E-state index in [0.29, 0.717) is 16.1 Å². The van der Waals surface area contributed by atoms with Crippen molar-refractivity contribution in [1.29, 1.82) is 0 Å². The number of amides is 1. The third-order valence-electron chi connectivity index (χ3n) is 5.19. The van der Waals surface area contributed by atoms with Crippen molar-refractivity contribution in [2.45, 2.75) is 38.0 Å². The molecule has 0 saturated heterocycles. The number of nitroso groups, excluding NO2 is 1. The summed E-state index contributed by atoms with van der Waals surface area (Å²) in [5, 5.41) is 26.4. The van der Waals surface area contributed by atoms with Crippen LogP contribution in [0.4, 0.5) is 11.4 Å². The lowest BCUT2D eigenvalue weighted by Gasteiger charge is -2.16. The summed E-state index contributed by atoms with van der Waals surface area (Å²) in [5.74, 6) is -1.77. The number of nitrogens with one attached hydrogen (secondary N) is 1. The fraction of sp³-hybridized carbons (Fsp3) is 0.208. The van der Waals surface area contributed by atoms with Crippen LogP contribution in [-0.4, -0.2) is 16.1 Å². The van der Waals surface area contributed by atoms with Crippen LogP contribution in [0.25, 0.3) is 0 Å². The first-order valence-electron chi connectivity index (χ1n) is 9.82. The van der Waals surface area contributed by atoms with Gasteiger partial charge in [0, 0.05) is 17.0 Å². The highest BCUT2D eigenvalue weighted by atomic mass is 32.1. The topological polar surface area (TPSA) is 99.0 Å². The molecule has 3 N–H and O–H groups in total. The molecule has 1 amide bonds. The van der Waals surface area contributed by atoms with Crippen molar-refractivity contribution in [2.24, 2.45) is 5.18 Å². The maximum absolute atomic E-state index is 12.9. The quantitative estimate of drug-likeness (QED) is 0.214. The molecule has 0 heterocycles. The molecule has 6 nitrogen and oxygen atoms in total. The summed E-state index contributed by atoms with van der Waals surface area (Å²) in [5.41, 5.74) is 3.29. The minimum absolute atomic E-state index is 0.147. The van der Waals surface area contributed by atoms with Crippen molar-refractivity contribution in [3.05, 3.63) is 81.3 Å². The molecule has 3 aromatic rings. The molecule has 160 valence electrons. The number of aryl methyl sites for hydroxylation is 1. The standard InChI is InChI=1S/C24H24N2O4S/c1-13(2)18-7-5-4-6-15(18)10-16-11-19(22(27)23(28)21(16)26-30)24(29)25-20-12-17(31)9-8-14(20)3/h4-9,11-13,27-28,31H,10H2,1-3H3,(H,25,29). The normalized spacial score (nSPS) is 10.9. The number of benzene rings is 3. The number of hydrogen-bond donors (Lipinski definition) is 4. The predicted molar refractivity (Wildman–Crippen MR) is 125 cm³/mol. The molecule has 0 saturated carbocycles. The summed E-state index contributed by atoms with van der Waals surface area (Å²) in [7, 11) is 0. The number of carbonyl (C=O) groups is 1. The number of phenols is 2. The molecular formula is C24H24N2O4S. The molecule has 0 spiro atoms. The fourth-order valence-electron chi connectivity index (χ4n) is 3.51. The Morgan fingerprint density at radius 3 is 2.45 bits per heavy atom. The van der Waals surface area contributed by atoms with Crippen LogP contribution in [0.15, 0.2) is 58.6 Å². The molecule has 0 atom stereocenters. The van der Waals surface area contributed by atoms with Crippen molar-refractivity contribution in [3.63, 3.8) is 0 Å². The second-order valence-electron chi connectivity index (χ2n) is 7.70. The summed E-state index contributed by atoms with van der Waals surface area (Å²) in [6.07, 6.45) is 0.273. The zero-order chi connectivity index (χ0) is 22.7. The number of aromatic hydroxyl groups is 2. The number of phenolic OH excluding ortho intramolecular Hbond substituents is 2. The van der Waals surface area contributed by atoms with Gasteiger partial charge in [-0.25, -0.2) is 0 Å². The molecular weight excluding hydrogens is 412 g/mol. The van der Waals surface area contributed by atoms with Crippen LogP contribution in [0, 0.1) is 11.8 Å². The van der Waals surface area contributed by atoms with Gasteiger partial charge in [0.25, 0.3) is 5.91 Å². The van der Waals surface area contributed by atoms with Crippen LogP contribution in [0.3, 0.4) is 0 Å². The molecule has 3 aromatic carbocycles. The van der Waals surface area contributed by atoms with E-state index >= 15 is 0 Å². The zero-order valence-electron chi connectivity index (χ0n) is 17.5. The smallest absolute Gasteiger partial charge is 0.259 e. The van der Waals surface area contributed by atoms with Gasteiger partial charge in [-0.1, -0.05) is 44.2 Å². The van der Waals surface area contributed by atoms with Crippen LogP contribution < -0.4 is 5.32 Å². The van der Waals surface area contributed by atoms with Crippen molar-refractivity contribution in [3.8, 4) is 11.5 Å². The maximum atomic E-state index is 12.9. The predicted octanol–water partition coefficient (Wildman–Crippen LogP) is 6.06. The van der Waals surface area contributed by atoms with Gasteiger partial charge in [0.05, 0.1) is 5.56 Å². The number of hydrogen-bond acceptors (Lipinski definition) is 6. The SMILES string of the molecule is Cc1ccc(S)cc1NC(=O)c1cc(Cc2ccccc2C(C)C)c(N=O)c(O)c1O. The average molecular weight is 437 g/mol. The minimum Gasteiger partial charge on any atom is -0.504 e. The van der Waals surface area contributed by atoms with Crippen LogP contribution in [0.1, 0.15) is 52.4 Å². The molecule has 0 radical (unpaired) electrons. The summed E-state index contributed by atoms with van der Waals surface area (Å²) in [6, 6.07) is 14.4. The molecule has 3 rings (SSSR count). The molecule has 0 aromatic heterocycles. The fourth-order valence-corrected chi connectivity index (χ4v) is 3.71. The molecule has 0 aliphatic rings. The van der Waals surface area contributed by atoms with E-state index in [2.05, 4.69) is 37.0 Å². The van der Waals surface area contributed by atoms with E-state index in [1.54, 1.807) is 12.1 Å². The first-order valence-corrected chi connectivity index (χ1v) is 10.3. The Balaban J connectivity index is 2.05. The van der Waals surface area contributed by atoms with E-state index in [4.69, 9.17) is 0 Å². The lowest BCUT2D eigenvalue weighted by molar-refractivity contribution is 0.102. The minimum atomic E-state index is -0.709. The Morgan fingerprint density at radius 2 is 1.77 bits per heavy atom. The molecule has 0 bridgehead atoms.